The minimum atomic E-state index is -0.965. The summed E-state index contributed by atoms with van der Waals surface area (Å²) in [6, 6.07) is 4.73. The molecule has 3 rings (SSSR count). The van der Waals surface area contributed by atoms with Crippen molar-refractivity contribution in [3.8, 4) is 5.75 Å². The van der Waals surface area contributed by atoms with Gasteiger partial charge in [-0.15, -0.1) is 0 Å². The minimum absolute atomic E-state index is 0.170. The molecule has 4 nitrogen and oxygen atoms in total. The van der Waals surface area contributed by atoms with Gasteiger partial charge in [-0.25, -0.2) is 4.79 Å². The van der Waals surface area contributed by atoms with Crippen LogP contribution in [0.3, 0.4) is 0 Å². The third-order valence-electron chi connectivity index (χ3n) is 4.19. The zero-order chi connectivity index (χ0) is 12.7. The van der Waals surface area contributed by atoms with Gasteiger partial charge in [0.2, 0.25) is 0 Å². The summed E-state index contributed by atoms with van der Waals surface area (Å²) in [6.07, 6.45) is 4.96. The van der Waals surface area contributed by atoms with E-state index in [0.29, 0.717) is 17.4 Å². The maximum absolute atomic E-state index is 11.1. The van der Waals surface area contributed by atoms with Crippen molar-refractivity contribution in [2.75, 3.05) is 5.73 Å². The van der Waals surface area contributed by atoms with Crippen LogP contribution in [0.1, 0.15) is 36.0 Å². The molecule has 0 spiro atoms. The van der Waals surface area contributed by atoms with Gasteiger partial charge in [-0.3, -0.25) is 0 Å². The molecular formula is C14H17NO3. The van der Waals surface area contributed by atoms with E-state index in [1.54, 1.807) is 12.1 Å². The Hall–Kier alpha value is -1.71. The molecule has 1 aromatic carbocycles. The van der Waals surface area contributed by atoms with Gasteiger partial charge >= 0.3 is 5.97 Å². The SMILES string of the molecule is Nc1ccc(C(=O)O)c(OC2CC3CCC2C3)c1. The number of fused-ring (bicyclic) bond motifs is 2. The van der Waals surface area contributed by atoms with Crippen LogP contribution in [0.25, 0.3) is 0 Å². The molecule has 1 aromatic rings. The van der Waals surface area contributed by atoms with Gasteiger partial charge in [-0.1, -0.05) is 0 Å². The molecule has 2 bridgehead atoms. The zero-order valence-electron chi connectivity index (χ0n) is 10.1. The van der Waals surface area contributed by atoms with E-state index in [2.05, 4.69) is 0 Å². The number of rotatable bonds is 3. The van der Waals surface area contributed by atoms with Crippen LogP contribution < -0.4 is 10.5 Å². The van der Waals surface area contributed by atoms with Crippen LogP contribution in [0.4, 0.5) is 5.69 Å². The topological polar surface area (TPSA) is 72.6 Å². The molecule has 3 N–H and O–H groups in total. The fraction of sp³-hybridized carbons (Fsp3) is 0.500. The second-order valence-electron chi connectivity index (χ2n) is 5.39. The number of nitrogen functional groups attached to an aromatic ring is 1. The van der Waals surface area contributed by atoms with Crippen LogP contribution in [0.15, 0.2) is 18.2 Å². The summed E-state index contributed by atoms with van der Waals surface area (Å²) < 4.78 is 5.92. The third-order valence-corrected chi connectivity index (χ3v) is 4.19. The van der Waals surface area contributed by atoms with Crippen molar-refractivity contribution in [2.45, 2.75) is 31.8 Å². The Morgan fingerprint density at radius 1 is 1.33 bits per heavy atom. The van der Waals surface area contributed by atoms with Crippen LogP contribution >= 0.6 is 0 Å². The van der Waals surface area contributed by atoms with Crippen LogP contribution in [0.2, 0.25) is 0 Å². The number of aromatic carboxylic acids is 1. The van der Waals surface area contributed by atoms with Crippen molar-refractivity contribution < 1.29 is 14.6 Å². The fourth-order valence-corrected chi connectivity index (χ4v) is 3.31. The number of carboxylic acids is 1. The summed E-state index contributed by atoms with van der Waals surface area (Å²) in [6.45, 7) is 0. The third kappa shape index (κ3) is 1.92. The normalized spacial score (nSPS) is 29.4. The lowest BCUT2D eigenvalue weighted by molar-refractivity contribution is 0.0684. The van der Waals surface area contributed by atoms with Crippen molar-refractivity contribution in [3.05, 3.63) is 23.8 Å². The molecule has 0 aromatic heterocycles. The maximum atomic E-state index is 11.1. The fourth-order valence-electron chi connectivity index (χ4n) is 3.31. The molecule has 0 aliphatic heterocycles. The molecule has 2 saturated carbocycles. The minimum Gasteiger partial charge on any atom is -0.489 e. The number of ether oxygens (including phenoxy) is 1. The molecule has 0 saturated heterocycles. The second kappa shape index (κ2) is 4.19. The first-order chi connectivity index (χ1) is 8.63. The molecule has 96 valence electrons. The average molecular weight is 247 g/mol. The standard InChI is InChI=1S/C14H17NO3/c15-10-3-4-11(14(16)17)13(7-10)18-12-6-8-1-2-9(12)5-8/h3-4,7-9,12H,1-2,5-6,15H2,(H,16,17). The highest BCUT2D eigenvalue weighted by Gasteiger charge is 2.41. The molecule has 3 atom stereocenters. The van der Waals surface area contributed by atoms with Crippen LogP contribution in [-0.4, -0.2) is 17.2 Å². The van der Waals surface area contributed by atoms with Crippen LogP contribution in [0, 0.1) is 11.8 Å². The van der Waals surface area contributed by atoms with Gasteiger partial charge in [0.25, 0.3) is 0 Å². The van der Waals surface area contributed by atoms with Crippen molar-refractivity contribution in [1.29, 1.82) is 0 Å². The van der Waals surface area contributed by atoms with E-state index in [9.17, 15) is 4.79 Å². The molecule has 0 heterocycles. The number of hydrogen-bond donors (Lipinski definition) is 2. The highest BCUT2D eigenvalue weighted by molar-refractivity contribution is 5.91. The summed E-state index contributed by atoms with van der Waals surface area (Å²) >= 11 is 0. The maximum Gasteiger partial charge on any atom is 0.339 e. The van der Waals surface area contributed by atoms with Gasteiger partial charge in [0, 0.05) is 11.8 Å². The highest BCUT2D eigenvalue weighted by Crippen LogP contribution is 2.46. The lowest BCUT2D eigenvalue weighted by atomic mass is 9.97. The quantitative estimate of drug-likeness (QED) is 0.805. The first-order valence-corrected chi connectivity index (χ1v) is 6.43. The Morgan fingerprint density at radius 3 is 2.78 bits per heavy atom. The molecule has 18 heavy (non-hydrogen) atoms. The van der Waals surface area contributed by atoms with Crippen LogP contribution in [0.5, 0.6) is 5.75 Å². The zero-order valence-corrected chi connectivity index (χ0v) is 10.1. The summed E-state index contributed by atoms with van der Waals surface area (Å²) in [7, 11) is 0. The largest absolute Gasteiger partial charge is 0.489 e. The van der Waals surface area contributed by atoms with Crippen LogP contribution in [-0.2, 0) is 0 Å². The Kier molecular flexibility index (Phi) is 2.65. The smallest absolute Gasteiger partial charge is 0.339 e. The Morgan fingerprint density at radius 2 is 2.17 bits per heavy atom. The van der Waals surface area contributed by atoms with E-state index in [1.807, 2.05) is 0 Å². The van der Waals surface area contributed by atoms with Gasteiger partial charge in [-0.05, 0) is 49.7 Å². The van der Waals surface area contributed by atoms with E-state index in [0.717, 1.165) is 12.3 Å². The average Bonchev–Trinajstić information content (AvgIpc) is 2.90. The lowest BCUT2D eigenvalue weighted by Crippen LogP contribution is -2.24. The first kappa shape index (κ1) is 11.4. The highest BCUT2D eigenvalue weighted by atomic mass is 16.5. The molecule has 2 aliphatic carbocycles. The van der Waals surface area contributed by atoms with E-state index in [-0.39, 0.29) is 11.7 Å². The molecule has 2 aliphatic rings. The Balaban J connectivity index is 1.83. The van der Waals surface area contributed by atoms with E-state index in [4.69, 9.17) is 15.6 Å². The van der Waals surface area contributed by atoms with Crippen molar-refractivity contribution in [2.24, 2.45) is 11.8 Å². The number of carbonyl (C=O) groups is 1. The van der Waals surface area contributed by atoms with E-state index >= 15 is 0 Å². The molecule has 2 fully saturated rings. The Labute approximate surface area is 106 Å². The number of hydrogen-bond acceptors (Lipinski definition) is 3. The first-order valence-electron chi connectivity index (χ1n) is 6.43. The van der Waals surface area contributed by atoms with Crippen molar-refractivity contribution in [3.63, 3.8) is 0 Å². The summed E-state index contributed by atoms with van der Waals surface area (Å²) in [4.78, 5) is 11.1. The molecule has 3 unspecified atom stereocenters. The molecule has 0 amide bonds. The lowest BCUT2D eigenvalue weighted by Gasteiger charge is -2.24. The van der Waals surface area contributed by atoms with Crippen molar-refractivity contribution in [1.82, 2.24) is 0 Å². The molecule has 0 radical (unpaired) electrons. The van der Waals surface area contributed by atoms with Gasteiger partial charge in [0.05, 0.1) is 0 Å². The Bertz CT molecular complexity index is 486. The number of anilines is 1. The number of benzene rings is 1. The number of carboxylic acid groups (broad SMARTS) is 1. The van der Waals surface area contributed by atoms with Gasteiger partial charge in [-0.2, -0.15) is 0 Å². The van der Waals surface area contributed by atoms with Gasteiger partial charge < -0.3 is 15.6 Å². The van der Waals surface area contributed by atoms with Crippen molar-refractivity contribution >= 4 is 11.7 Å². The number of nitrogens with two attached hydrogens (primary N) is 1. The summed E-state index contributed by atoms with van der Waals surface area (Å²) in [5, 5.41) is 9.14. The van der Waals surface area contributed by atoms with Gasteiger partial charge in [0.1, 0.15) is 17.4 Å². The van der Waals surface area contributed by atoms with Gasteiger partial charge in [0.15, 0.2) is 0 Å². The monoisotopic (exact) mass is 247 g/mol. The summed E-state index contributed by atoms with van der Waals surface area (Å²) in [5.74, 6) is 0.820. The predicted octanol–water partition coefficient (Wildman–Crippen LogP) is 2.53. The predicted molar refractivity (Wildman–Crippen MR) is 67.7 cm³/mol. The van der Waals surface area contributed by atoms with E-state index < -0.39 is 5.97 Å². The summed E-state index contributed by atoms with van der Waals surface area (Å²) in [5.41, 5.74) is 6.45. The molecular weight excluding hydrogens is 230 g/mol. The van der Waals surface area contributed by atoms with E-state index in [1.165, 1.54) is 25.3 Å². The second-order valence-corrected chi connectivity index (χ2v) is 5.39. The molecule has 4 heteroatoms.